The van der Waals surface area contributed by atoms with Crippen LogP contribution in [-0.2, 0) is 4.79 Å². The fourth-order valence-corrected chi connectivity index (χ4v) is 2.22. The van der Waals surface area contributed by atoms with Gasteiger partial charge in [0.05, 0.1) is 23.8 Å². The molecule has 1 aliphatic carbocycles. The Bertz CT molecular complexity index is 540. The monoisotopic (exact) mass is 279 g/mol. The fraction of sp³-hybridized carbons (Fsp3) is 0.462. The average molecular weight is 279 g/mol. The van der Waals surface area contributed by atoms with Crippen molar-refractivity contribution < 1.29 is 14.5 Å². The first-order chi connectivity index (χ1) is 9.43. The molecule has 108 valence electrons. The molecular formula is C13H17N3O4. The number of nitro benzene ring substituents is 1. The number of non-ortho nitro benzene ring substituents is 1. The predicted molar refractivity (Wildman–Crippen MR) is 73.7 cm³/mol. The van der Waals surface area contributed by atoms with Gasteiger partial charge >= 0.3 is 0 Å². The van der Waals surface area contributed by atoms with E-state index >= 15 is 0 Å². The number of methoxy groups -OCH3 is 1. The molecular weight excluding hydrogens is 262 g/mol. The second-order valence-electron chi connectivity index (χ2n) is 5.08. The Morgan fingerprint density at radius 1 is 1.55 bits per heavy atom. The van der Waals surface area contributed by atoms with Crippen LogP contribution in [0.2, 0.25) is 0 Å². The van der Waals surface area contributed by atoms with Crippen molar-refractivity contribution in [3.05, 3.63) is 28.3 Å². The second kappa shape index (κ2) is 5.46. The molecule has 0 aliphatic heterocycles. The Kier molecular flexibility index (Phi) is 3.89. The van der Waals surface area contributed by atoms with Crippen molar-refractivity contribution in [3.8, 4) is 5.75 Å². The molecule has 7 heteroatoms. The molecule has 0 aromatic heterocycles. The summed E-state index contributed by atoms with van der Waals surface area (Å²) in [6.45, 7) is 0. The van der Waals surface area contributed by atoms with Gasteiger partial charge in [0.15, 0.2) is 0 Å². The number of nitrogens with two attached hydrogens (primary N) is 1. The first-order valence-electron chi connectivity index (χ1n) is 6.35. The van der Waals surface area contributed by atoms with Gasteiger partial charge in [0.2, 0.25) is 5.91 Å². The number of amides is 1. The first-order valence-corrected chi connectivity index (χ1v) is 6.35. The SMILES string of the molecule is COc1cc([N+](=O)[O-])ccc1NC(=O)CC1(N)CCC1. The van der Waals surface area contributed by atoms with Crippen LogP contribution in [0.25, 0.3) is 0 Å². The second-order valence-corrected chi connectivity index (χ2v) is 5.08. The minimum Gasteiger partial charge on any atom is -0.494 e. The number of ether oxygens (including phenoxy) is 1. The summed E-state index contributed by atoms with van der Waals surface area (Å²) in [7, 11) is 1.39. The molecule has 0 radical (unpaired) electrons. The summed E-state index contributed by atoms with van der Waals surface area (Å²) in [6, 6.07) is 4.05. The van der Waals surface area contributed by atoms with Crippen molar-refractivity contribution in [2.75, 3.05) is 12.4 Å². The van der Waals surface area contributed by atoms with Crippen LogP contribution < -0.4 is 15.8 Å². The van der Waals surface area contributed by atoms with Gasteiger partial charge in [-0.3, -0.25) is 14.9 Å². The van der Waals surface area contributed by atoms with Gasteiger partial charge < -0.3 is 15.8 Å². The van der Waals surface area contributed by atoms with E-state index in [1.54, 1.807) is 0 Å². The lowest BCUT2D eigenvalue weighted by molar-refractivity contribution is -0.384. The van der Waals surface area contributed by atoms with Gasteiger partial charge in [0.1, 0.15) is 5.75 Å². The molecule has 1 fully saturated rings. The number of hydrogen-bond acceptors (Lipinski definition) is 5. The molecule has 0 spiro atoms. The summed E-state index contributed by atoms with van der Waals surface area (Å²) >= 11 is 0. The van der Waals surface area contributed by atoms with E-state index in [0.29, 0.717) is 5.69 Å². The molecule has 0 atom stereocenters. The highest BCUT2D eigenvalue weighted by atomic mass is 16.6. The highest BCUT2D eigenvalue weighted by molar-refractivity contribution is 5.93. The summed E-state index contributed by atoms with van der Waals surface area (Å²) in [5, 5.41) is 13.4. The zero-order valence-electron chi connectivity index (χ0n) is 11.2. The quantitative estimate of drug-likeness (QED) is 0.631. The number of rotatable bonds is 5. The van der Waals surface area contributed by atoms with Gasteiger partial charge in [0, 0.05) is 18.0 Å². The Morgan fingerprint density at radius 2 is 2.25 bits per heavy atom. The molecule has 1 aromatic rings. The van der Waals surface area contributed by atoms with Gasteiger partial charge in [-0.15, -0.1) is 0 Å². The highest BCUT2D eigenvalue weighted by Gasteiger charge is 2.34. The van der Waals surface area contributed by atoms with E-state index in [0.717, 1.165) is 19.3 Å². The van der Waals surface area contributed by atoms with Crippen molar-refractivity contribution in [1.29, 1.82) is 0 Å². The summed E-state index contributed by atoms with van der Waals surface area (Å²) in [5.74, 6) is 0.0478. The topological polar surface area (TPSA) is 107 Å². The van der Waals surface area contributed by atoms with Crippen LogP contribution in [0.5, 0.6) is 5.75 Å². The molecule has 20 heavy (non-hydrogen) atoms. The molecule has 0 unspecified atom stereocenters. The number of benzene rings is 1. The Hall–Kier alpha value is -2.15. The molecule has 0 saturated heterocycles. The third kappa shape index (κ3) is 3.05. The predicted octanol–water partition coefficient (Wildman–Crippen LogP) is 1.81. The molecule has 0 heterocycles. The number of carbonyl (C=O) groups excluding carboxylic acids is 1. The zero-order valence-corrected chi connectivity index (χ0v) is 11.2. The standard InChI is InChI=1S/C13H17N3O4/c1-20-11-7-9(16(18)19)3-4-10(11)15-12(17)8-13(14)5-2-6-13/h3-4,7H,2,5-6,8,14H2,1H3,(H,15,17). The summed E-state index contributed by atoms with van der Waals surface area (Å²) in [6.07, 6.45) is 2.98. The molecule has 1 saturated carbocycles. The van der Waals surface area contributed by atoms with Crippen molar-refractivity contribution in [1.82, 2.24) is 0 Å². The lowest BCUT2D eigenvalue weighted by Crippen LogP contribution is -2.48. The van der Waals surface area contributed by atoms with Crippen molar-refractivity contribution in [2.45, 2.75) is 31.2 Å². The third-order valence-corrected chi connectivity index (χ3v) is 3.53. The summed E-state index contributed by atoms with van der Waals surface area (Å²) < 4.78 is 5.06. The number of hydrogen-bond donors (Lipinski definition) is 2. The van der Waals surface area contributed by atoms with Crippen molar-refractivity contribution in [3.63, 3.8) is 0 Å². The fourth-order valence-electron chi connectivity index (χ4n) is 2.22. The van der Waals surface area contributed by atoms with Crippen molar-refractivity contribution >= 4 is 17.3 Å². The van der Waals surface area contributed by atoms with E-state index < -0.39 is 10.5 Å². The van der Waals surface area contributed by atoms with Crippen LogP contribution in [0.15, 0.2) is 18.2 Å². The maximum Gasteiger partial charge on any atom is 0.273 e. The van der Waals surface area contributed by atoms with Crippen LogP contribution in [0.3, 0.4) is 0 Å². The molecule has 2 rings (SSSR count). The molecule has 1 aromatic carbocycles. The van der Waals surface area contributed by atoms with Crippen molar-refractivity contribution in [2.24, 2.45) is 5.73 Å². The van der Waals surface area contributed by atoms with Gasteiger partial charge in [-0.2, -0.15) is 0 Å². The van der Waals surface area contributed by atoms with Crippen LogP contribution >= 0.6 is 0 Å². The lowest BCUT2D eigenvalue weighted by atomic mass is 9.75. The Morgan fingerprint density at radius 3 is 2.75 bits per heavy atom. The Balaban J connectivity index is 2.08. The number of anilines is 1. The van der Waals surface area contributed by atoms with Crippen LogP contribution in [0, 0.1) is 10.1 Å². The van der Waals surface area contributed by atoms with Gasteiger partial charge in [-0.25, -0.2) is 0 Å². The van der Waals surface area contributed by atoms with E-state index in [1.165, 1.54) is 25.3 Å². The smallest absolute Gasteiger partial charge is 0.273 e. The van der Waals surface area contributed by atoms with Crippen LogP contribution in [0.4, 0.5) is 11.4 Å². The summed E-state index contributed by atoms with van der Waals surface area (Å²) in [5.41, 5.74) is 5.93. The van der Waals surface area contributed by atoms with Gasteiger partial charge in [0.25, 0.3) is 5.69 Å². The molecule has 1 amide bonds. The number of nitro groups is 1. The number of carbonyl (C=O) groups is 1. The first kappa shape index (κ1) is 14.3. The van der Waals surface area contributed by atoms with E-state index in [4.69, 9.17) is 10.5 Å². The normalized spacial score (nSPS) is 16.1. The molecule has 3 N–H and O–H groups in total. The van der Waals surface area contributed by atoms with E-state index in [2.05, 4.69) is 5.32 Å². The van der Waals surface area contributed by atoms with Crippen LogP contribution in [-0.4, -0.2) is 23.5 Å². The number of nitrogens with zero attached hydrogens (tertiary/aromatic N) is 1. The lowest BCUT2D eigenvalue weighted by Gasteiger charge is -2.37. The number of nitrogens with one attached hydrogen (secondary N) is 1. The van der Waals surface area contributed by atoms with Gasteiger partial charge in [-0.1, -0.05) is 0 Å². The maximum absolute atomic E-state index is 11.9. The van der Waals surface area contributed by atoms with Crippen LogP contribution in [0.1, 0.15) is 25.7 Å². The van der Waals surface area contributed by atoms with E-state index in [1.807, 2.05) is 0 Å². The van der Waals surface area contributed by atoms with E-state index in [9.17, 15) is 14.9 Å². The van der Waals surface area contributed by atoms with Gasteiger partial charge in [-0.05, 0) is 25.3 Å². The third-order valence-electron chi connectivity index (χ3n) is 3.53. The minimum atomic E-state index is -0.517. The average Bonchev–Trinajstić information content (AvgIpc) is 2.36. The summed E-state index contributed by atoms with van der Waals surface area (Å²) in [4.78, 5) is 22.1. The Labute approximate surface area is 116 Å². The largest absolute Gasteiger partial charge is 0.494 e. The maximum atomic E-state index is 11.9. The molecule has 7 nitrogen and oxygen atoms in total. The molecule has 1 aliphatic rings. The zero-order chi connectivity index (χ0) is 14.8. The minimum absolute atomic E-state index is 0.0888. The van der Waals surface area contributed by atoms with E-state index in [-0.39, 0.29) is 23.8 Å². The molecule has 0 bridgehead atoms. The highest BCUT2D eigenvalue weighted by Crippen LogP contribution is 2.33.